The Morgan fingerprint density at radius 3 is 2.81 bits per heavy atom. The molecule has 0 spiro atoms. The minimum Gasteiger partial charge on any atom is -0.350 e. The average Bonchev–Trinajstić information content (AvgIpc) is 2.46. The van der Waals surface area contributed by atoms with Crippen molar-refractivity contribution in [2.45, 2.75) is 6.54 Å². The maximum atomic E-state index is 11.1. The maximum Gasteiger partial charge on any atom is 0.311 e. The Labute approximate surface area is 126 Å². The molecule has 0 saturated carbocycles. The number of hydrazine groups is 1. The number of hydrogen-bond acceptors (Lipinski definition) is 6. The molecule has 0 bridgehead atoms. The van der Waals surface area contributed by atoms with Crippen LogP contribution in [0.5, 0.6) is 0 Å². The van der Waals surface area contributed by atoms with Gasteiger partial charge in [0.2, 0.25) is 5.82 Å². The summed E-state index contributed by atoms with van der Waals surface area (Å²) in [6.07, 6.45) is 0. The molecular weight excluding hydrogens is 294 g/mol. The summed E-state index contributed by atoms with van der Waals surface area (Å²) in [6.45, 7) is 0.433. The Balaban J connectivity index is 2.33. The molecule has 2 rings (SSSR count). The lowest BCUT2D eigenvalue weighted by Crippen LogP contribution is -2.20. The third-order valence-electron chi connectivity index (χ3n) is 2.87. The van der Waals surface area contributed by atoms with Gasteiger partial charge in [-0.05, 0) is 23.8 Å². The molecule has 0 aliphatic rings. The molecule has 0 aliphatic carbocycles. The molecule has 1 aromatic heterocycles. The summed E-state index contributed by atoms with van der Waals surface area (Å²) in [6, 6.07) is 10.1. The average molecular weight is 308 g/mol. The zero-order valence-electron chi connectivity index (χ0n) is 11.3. The van der Waals surface area contributed by atoms with Gasteiger partial charge in [0.05, 0.1) is 4.92 Å². The molecule has 0 aliphatic heterocycles. The van der Waals surface area contributed by atoms with Crippen molar-refractivity contribution in [3.05, 3.63) is 57.1 Å². The van der Waals surface area contributed by atoms with Crippen molar-refractivity contribution in [2.24, 2.45) is 5.84 Å². The lowest BCUT2D eigenvalue weighted by Gasteiger charge is -2.18. The Morgan fingerprint density at radius 2 is 2.19 bits per heavy atom. The number of nitrogen functional groups attached to an aromatic ring is 1. The third kappa shape index (κ3) is 3.59. The number of nitrogens with two attached hydrogens (primary N) is 1. The molecule has 0 unspecified atom stereocenters. The highest BCUT2D eigenvalue weighted by molar-refractivity contribution is 6.30. The van der Waals surface area contributed by atoms with E-state index in [2.05, 4.69) is 10.4 Å². The number of anilines is 2. The van der Waals surface area contributed by atoms with Gasteiger partial charge >= 0.3 is 5.69 Å². The van der Waals surface area contributed by atoms with Crippen LogP contribution in [0.25, 0.3) is 0 Å². The zero-order valence-corrected chi connectivity index (χ0v) is 12.0. The Morgan fingerprint density at radius 1 is 1.43 bits per heavy atom. The second-order valence-corrected chi connectivity index (χ2v) is 4.86. The van der Waals surface area contributed by atoms with Crippen LogP contribution in [-0.2, 0) is 6.54 Å². The molecule has 0 amide bonds. The van der Waals surface area contributed by atoms with Crippen molar-refractivity contribution < 1.29 is 4.92 Å². The van der Waals surface area contributed by atoms with Gasteiger partial charge in [-0.2, -0.15) is 0 Å². The normalized spacial score (nSPS) is 10.2. The quantitative estimate of drug-likeness (QED) is 0.500. The van der Waals surface area contributed by atoms with Crippen molar-refractivity contribution in [2.75, 3.05) is 17.4 Å². The standard InChI is InChI=1S/C13H14ClN5O2/c1-18(8-9-3-2-4-10(14)7-9)13-11(19(20)21)5-6-12(16-13)17-15/h2-7H,8,15H2,1H3,(H,16,17). The molecule has 1 aromatic carbocycles. The molecule has 2 aromatic rings. The van der Waals surface area contributed by atoms with Crippen LogP contribution in [0.1, 0.15) is 5.56 Å². The molecule has 3 N–H and O–H groups in total. The lowest BCUT2D eigenvalue weighted by atomic mass is 10.2. The van der Waals surface area contributed by atoms with E-state index >= 15 is 0 Å². The molecular formula is C13H14ClN5O2. The number of nitrogens with zero attached hydrogens (tertiary/aromatic N) is 3. The van der Waals surface area contributed by atoms with E-state index < -0.39 is 4.92 Å². The molecule has 0 saturated heterocycles. The number of hydrogen-bond donors (Lipinski definition) is 2. The molecule has 0 radical (unpaired) electrons. The summed E-state index contributed by atoms with van der Waals surface area (Å²) in [5.41, 5.74) is 3.22. The first-order chi connectivity index (χ1) is 10.0. The highest BCUT2D eigenvalue weighted by Gasteiger charge is 2.19. The molecule has 110 valence electrons. The Bertz CT molecular complexity index is 665. The second-order valence-electron chi connectivity index (χ2n) is 4.43. The van der Waals surface area contributed by atoms with Crippen LogP contribution in [0.2, 0.25) is 5.02 Å². The van der Waals surface area contributed by atoms with E-state index in [4.69, 9.17) is 17.4 Å². The van der Waals surface area contributed by atoms with E-state index in [1.807, 2.05) is 12.1 Å². The van der Waals surface area contributed by atoms with Gasteiger partial charge in [-0.3, -0.25) is 10.1 Å². The van der Waals surface area contributed by atoms with Crippen molar-refractivity contribution >= 4 is 28.9 Å². The number of aromatic nitrogens is 1. The highest BCUT2D eigenvalue weighted by atomic mass is 35.5. The van der Waals surface area contributed by atoms with Crippen LogP contribution < -0.4 is 16.2 Å². The molecule has 21 heavy (non-hydrogen) atoms. The number of nitrogens with one attached hydrogen (secondary N) is 1. The summed E-state index contributed by atoms with van der Waals surface area (Å²) >= 11 is 5.93. The van der Waals surface area contributed by atoms with Gasteiger partial charge in [-0.25, -0.2) is 10.8 Å². The van der Waals surface area contributed by atoms with E-state index in [-0.39, 0.29) is 11.5 Å². The minimum atomic E-state index is -0.475. The minimum absolute atomic E-state index is 0.0847. The smallest absolute Gasteiger partial charge is 0.311 e. The Kier molecular flexibility index (Phi) is 4.56. The number of nitro groups is 1. The third-order valence-corrected chi connectivity index (χ3v) is 3.10. The predicted molar refractivity (Wildman–Crippen MR) is 82.3 cm³/mol. The summed E-state index contributed by atoms with van der Waals surface area (Å²) in [7, 11) is 1.72. The SMILES string of the molecule is CN(Cc1cccc(Cl)c1)c1nc(NN)ccc1[N+](=O)[O-]. The van der Waals surface area contributed by atoms with Crippen LogP contribution in [0, 0.1) is 10.1 Å². The molecule has 8 heteroatoms. The molecule has 0 atom stereocenters. The van der Waals surface area contributed by atoms with E-state index in [1.54, 1.807) is 24.1 Å². The largest absolute Gasteiger partial charge is 0.350 e. The number of benzene rings is 1. The van der Waals surface area contributed by atoms with Gasteiger partial charge in [0.25, 0.3) is 0 Å². The molecule has 1 heterocycles. The zero-order chi connectivity index (χ0) is 15.4. The molecule has 7 nitrogen and oxygen atoms in total. The first kappa shape index (κ1) is 15.0. The van der Waals surface area contributed by atoms with E-state index in [0.29, 0.717) is 17.4 Å². The maximum absolute atomic E-state index is 11.1. The van der Waals surface area contributed by atoms with Crippen LogP contribution in [-0.4, -0.2) is 17.0 Å². The number of halogens is 1. The van der Waals surface area contributed by atoms with Crippen molar-refractivity contribution in [3.63, 3.8) is 0 Å². The summed E-state index contributed by atoms with van der Waals surface area (Å²) in [5, 5.41) is 11.7. The van der Waals surface area contributed by atoms with Crippen molar-refractivity contribution in [3.8, 4) is 0 Å². The van der Waals surface area contributed by atoms with E-state index in [1.165, 1.54) is 12.1 Å². The van der Waals surface area contributed by atoms with Gasteiger partial charge in [-0.15, -0.1) is 0 Å². The Hall–Kier alpha value is -2.38. The van der Waals surface area contributed by atoms with Crippen LogP contribution in [0.3, 0.4) is 0 Å². The summed E-state index contributed by atoms with van der Waals surface area (Å²) in [5.74, 6) is 5.89. The van der Waals surface area contributed by atoms with Crippen LogP contribution in [0.15, 0.2) is 36.4 Å². The second kappa shape index (κ2) is 6.38. The van der Waals surface area contributed by atoms with E-state index in [9.17, 15) is 10.1 Å². The summed E-state index contributed by atoms with van der Waals surface area (Å²) in [4.78, 5) is 16.4. The van der Waals surface area contributed by atoms with Gasteiger partial charge in [-0.1, -0.05) is 23.7 Å². The van der Waals surface area contributed by atoms with Crippen LogP contribution in [0.4, 0.5) is 17.3 Å². The topological polar surface area (TPSA) is 97.3 Å². The highest BCUT2D eigenvalue weighted by Crippen LogP contribution is 2.27. The summed E-state index contributed by atoms with van der Waals surface area (Å²) < 4.78 is 0. The van der Waals surface area contributed by atoms with Gasteiger partial charge in [0.1, 0.15) is 5.82 Å². The first-order valence-corrected chi connectivity index (χ1v) is 6.46. The van der Waals surface area contributed by atoms with Crippen molar-refractivity contribution in [1.82, 2.24) is 4.98 Å². The number of pyridine rings is 1. The fraction of sp³-hybridized carbons (Fsp3) is 0.154. The fourth-order valence-corrected chi connectivity index (χ4v) is 2.14. The monoisotopic (exact) mass is 307 g/mol. The number of rotatable bonds is 5. The lowest BCUT2D eigenvalue weighted by molar-refractivity contribution is -0.384. The van der Waals surface area contributed by atoms with Gasteiger partial charge in [0, 0.05) is 24.7 Å². The fourth-order valence-electron chi connectivity index (χ4n) is 1.93. The first-order valence-electron chi connectivity index (χ1n) is 6.09. The van der Waals surface area contributed by atoms with Gasteiger partial charge < -0.3 is 10.3 Å². The van der Waals surface area contributed by atoms with Crippen molar-refractivity contribution in [1.29, 1.82) is 0 Å². The van der Waals surface area contributed by atoms with Crippen LogP contribution >= 0.6 is 11.6 Å². The predicted octanol–water partition coefficient (Wildman–Crippen LogP) is 2.57. The van der Waals surface area contributed by atoms with E-state index in [0.717, 1.165) is 5.56 Å². The molecule has 0 fully saturated rings. The van der Waals surface area contributed by atoms with Gasteiger partial charge in [0.15, 0.2) is 0 Å².